The molecule has 24 heavy (non-hydrogen) atoms. The second-order valence-electron chi connectivity index (χ2n) is 5.45. The minimum Gasteiger partial charge on any atom is -0.377 e. The molecule has 0 amide bonds. The molecule has 2 heterocycles. The summed E-state index contributed by atoms with van der Waals surface area (Å²) in [4.78, 5) is 19.1. The monoisotopic (exact) mass is 325 g/mol. The normalized spacial score (nSPS) is 10.8. The molecule has 0 aliphatic heterocycles. The van der Waals surface area contributed by atoms with Crippen molar-refractivity contribution >= 4 is 11.4 Å². The van der Waals surface area contributed by atoms with Crippen LogP contribution in [0, 0.1) is 10.1 Å². The molecule has 0 fully saturated rings. The van der Waals surface area contributed by atoms with Crippen molar-refractivity contribution in [2.24, 2.45) is 0 Å². The third-order valence-corrected chi connectivity index (χ3v) is 3.25. The van der Waals surface area contributed by atoms with Crippen LogP contribution in [0.3, 0.4) is 0 Å². The van der Waals surface area contributed by atoms with Crippen LogP contribution in [0.1, 0.15) is 13.8 Å². The maximum absolute atomic E-state index is 11.3. The largest absolute Gasteiger partial charge is 0.377 e. The Morgan fingerprint density at radius 2 is 1.92 bits per heavy atom. The molecule has 122 valence electrons. The summed E-state index contributed by atoms with van der Waals surface area (Å²) in [5, 5.41) is 18.3. The molecule has 0 spiro atoms. The highest BCUT2D eigenvalue weighted by Gasteiger charge is 2.19. The molecule has 2 aromatic heterocycles. The highest BCUT2D eigenvalue weighted by molar-refractivity contribution is 5.70. The Morgan fingerprint density at radius 1 is 1.17 bits per heavy atom. The number of pyridine rings is 1. The van der Waals surface area contributed by atoms with Crippen molar-refractivity contribution < 1.29 is 9.45 Å². The number of nitrogens with one attached hydrogen (secondary N) is 1. The van der Waals surface area contributed by atoms with Crippen molar-refractivity contribution in [1.82, 2.24) is 15.1 Å². The molecule has 0 aliphatic carbocycles. The number of nitro benzene ring substituents is 1. The Labute approximate surface area is 137 Å². The highest BCUT2D eigenvalue weighted by Crippen LogP contribution is 2.31. The molecule has 8 heteroatoms. The van der Waals surface area contributed by atoms with Crippen molar-refractivity contribution in [3.8, 4) is 22.8 Å². The van der Waals surface area contributed by atoms with E-state index in [-0.39, 0.29) is 17.6 Å². The summed E-state index contributed by atoms with van der Waals surface area (Å²) in [6.45, 7) is 3.83. The van der Waals surface area contributed by atoms with E-state index in [4.69, 9.17) is 4.52 Å². The fourth-order valence-electron chi connectivity index (χ4n) is 2.21. The average molecular weight is 325 g/mol. The first-order chi connectivity index (χ1) is 11.5. The van der Waals surface area contributed by atoms with E-state index in [0.717, 1.165) is 5.56 Å². The minimum atomic E-state index is -0.436. The molecule has 3 aromatic rings. The van der Waals surface area contributed by atoms with Gasteiger partial charge in [-0.1, -0.05) is 5.16 Å². The Morgan fingerprint density at radius 3 is 2.58 bits per heavy atom. The number of hydrogen-bond donors (Lipinski definition) is 1. The van der Waals surface area contributed by atoms with Crippen molar-refractivity contribution in [1.29, 1.82) is 0 Å². The van der Waals surface area contributed by atoms with Gasteiger partial charge in [0.15, 0.2) is 0 Å². The van der Waals surface area contributed by atoms with Crippen LogP contribution in [0.15, 0.2) is 47.2 Å². The van der Waals surface area contributed by atoms with Gasteiger partial charge in [-0.2, -0.15) is 4.98 Å². The van der Waals surface area contributed by atoms with Gasteiger partial charge in [0.05, 0.1) is 4.92 Å². The standard InChI is InChI=1S/C16H15N5O3/c1-10(2)18-13-4-3-12(9-14(13)21(22)23)16-19-15(20-24-16)11-5-7-17-8-6-11/h3-10,18H,1-2H3. The molecule has 3 rings (SSSR count). The van der Waals surface area contributed by atoms with Crippen LogP contribution in [0.4, 0.5) is 11.4 Å². The van der Waals surface area contributed by atoms with Crippen LogP contribution < -0.4 is 5.32 Å². The molecular weight excluding hydrogens is 310 g/mol. The van der Waals surface area contributed by atoms with Gasteiger partial charge in [-0.15, -0.1) is 0 Å². The number of benzene rings is 1. The summed E-state index contributed by atoms with van der Waals surface area (Å²) in [7, 11) is 0. The number of rotatable bonds is 5. The number of hydrogen-bond acceptors (Lipinski definition) is 7. The SMILES string of the molecule is CC(C)Nc1ccc(-c2nc(-c3ccncc3)no2)cc1[N+](=O)[O-]. The smallest absolute Gasteiger partial charge is 0.293 e. The molecule has 8 nitrogen and oxygen atoms in total. The van der Waals surface area contributed by atoms with Crippen LogP contribution in [0.5, 0.6) is 0 Å². The Balaban J connectivity index is 1.97. The topological polar surface area (TPSA) is 107 Å². The van der Waals surface area contributed by atoms with E-state index in [1.807, 2.05) is 13.8 Å². The third-order valence-electron chi connectivity index (χ3n) is 3.25. The van der Waals surface area contributed by atoms with E-state index in [1.54, 1.807) is 36.7 Å². The lowest BCUT2D eigenvalue weighted by molar-refractivity contribution is -0.383. The maximum Gasteiger partial charge on any atom is 0.293 e. The van der Waals surface area contributed by atoms with Crippen molar-refractivity contribution in [3.05, 3.63) is 52.8 Å². The first-order valence-corrected chi connectivity index (χ1v) is 7.34. The van der Waals surface area contributed by atoms with Crippen molar-refractivity contribution in [3.63, 3.8) is 0 Å². The maximum atomic E-state index is 11.3. The fraction of sp³-hybridized carbons (Fsp3) is 0.188. The van der Waals surface area contributed by atoms with E-state index in [0.29, 0.717) is 17.1 Å². The molecule has 1 N–H and O–H groups in total. The van der Waals surface area contributed by atoms with Gasteiger partial charge in [0.1, 0.15) is 5.69 Å². The van der Waals surface area contributed by atoms with Gasteiger partial charge in [-0.25, -0.2) is 0 Å². The van der Waals surface area contributed by atoms with Gasteiger partial charge >= 0.3 is 0 Å². The molecular formula is C16H15N5O3. The first-order valence-electron chi connectivity index (χ1n) is 7.34. The number of aromatic nitrogens is 3. The van der Waals surface area contributed by atoms with Gasteiger partial charge < -0.3 is 9.84 Å². The van der Waals surface area contributed by atoms with Gasteiger partial charge in [0.25, 0.3) is 11.6 Å². The second-order valence-corrected chi connectivity index (χ2v) is 5.45. The lowest BCUT2D eigenvalue weighted by Crippen LogP contribution is -2.11. The van der Waals surface area contributed by atoms with Gasteiger partial charge in [0.2, 0.25) is 5.82 Å². The molecule has 0 bridgehead atoms. The zero-order valence-corrected chi connectivity index (χ0v) is 13.1. The average Bonchev–Trinajstić information content (AvgIpc) is 3.05. The Bertz CT molecular complexity index is 861. The van der Waals surface area contributed by atoms with Gasteiger partial charge in [-0.3, -0.25) is 15.1 Å². The lowest BCUT2D eigenvalue weighted by Gasteiger charge is -2.10. The number of nitrogens with zero attached hydrogens (tertiary/aromatic N) is 4. The van der Waals surface area contributed by atoms with Crippen LogP contribution in [-0.2, 0) is 0 Å². The van der Waals surface area contributed by atoms with Crippen molar-refractivity contribution in [2.75, 3.05) is 5.32 Å². The molecule has 0 radical (unpaired) electrons. The van der Waals surface area contributed by atoms with Crippen LogP contribution >= 0.6 is 0 Å². The summed E-state index contributed by atoms with van der Waals surface area (Å²) < 4.78 is 5.24. The first kappa shape index (κ1) is 15.6. The third kappa shape index (κ3) is 3.22. The summed E-state index contributed by atoms with van der Waals surface area (Å²) in [6, 6.07) is 8.37. The summed E-state index contributed by atoms with van der Waals surface area (Å²) in [5.74, 6) is 0.625. The molecule has 0 saturated carbocycles. The Kier molecular flexibility index (Phi) is 4.19. The second kappa shape index (κ2) is 6.45. The summed E-state index contributed by atoms with van der Waals surface area (Å²) in [6.07, 6.45) is 3.26. The fourth-order valence-corrected chi connectivity index (χ4v) is 2.21. The number of nitro groups is 1. The van der Waals surface area contributed by atoms with Crippen LogP contribution in [0.2, 0.25) is 0 Å². The summed E-state index contributed by atoms with van der Waals surface area (Å²) in [5.41, 5.74) is 1.66. The molecule has 0 saturated heterocycles. The van der Waals surface area contributed by atoms with E-state index < -0.39 is 4.92 Å². The van der Waals surface area contributed by atoms with Crippen molar-refractivity contribution in [2.45, 2.75) is 19.9 Å². The summed E-state index contributed by atoms with van der Waals surface area (Å²) >= 11 is 0. The van der Waals surface area contributed by atoms with E-state index in [1.165, 1.54) is 6.07 Å². The minimum absolute atomic E-state index is 0.0372. The highest BCUT2D eigenvalue weighted by atomic mass is 16.6. The van der Waals surface area contributed by atoms with E-state index in [9.17, 15) is 10.1 Å². The number of anilines is 1. The van der Waals surface area contributed by atoms with Crippen LogP contribution in [-0.4, -0.2) is 26.1 Å². The Hall–Kier alpha value is -3.29. The van der Waals surface area contributed by atoms with E-state index >= 15 is 0 Å². The van der Waals surface area contributed by atoms with Crippen LogP contribution in [0.25, 0.3) is 22.8 Å². The van der Waals surface area contributed by atoms with Gasteiger partial charge in [-0.05, 0) is 38.1 Å². The predicted molar refractivity (Wildman–Crippen MR) is 88.4 cm³/mol. The molecule has 0 atom stereocenters. The molecule has 1 aromatic carbocycles. The zero-order valence-electron chi connectivity index (χ0n) is 13.1. The van der Waals surface area contributed by atoms with E-state index in [2.05, 4.69) is 20.4 Å². The molecule has 0 aliphatic rings. The lowest BCUT2D eigenvalue weighted by atomic mass is 10.1. The molecule has 0 unspecified atom stereocenters. The quantitative estimate of drug-likeness (QED) is 0.564. The van der Waals surface area contributed by atoms with Gasteiger partial charge in [0, 0.05) is 35.6 Å². The zero-order chi connectivity index (χ0) is 17.1. The predicted octanol–water partition coefficient (Wildman–Crippen LogP) is 3.53.